The minimum Gasteiger partial charge on any atom is -0.321 e. The van der Waals surface area contributed by atoms with E-state index in [2.05, 4.69) is 5.32 Å². The molecule has 0 fully saturated rings. The van der Waals surface area contributed by atoms with Gasteiger partial charge in [-0.25, -0.2) is 0 Å². The second-order valence-corrected chi connectivity index (χ2v) is 6.75. The molecule has 24 heavy (non-hydrogen) atoms. The Morgan fingerprint density at radius 3 is 2.58 bits per heavy atom. The molecule has 0 saturated carbocycles. The van der Waals surface area contributed by atoms with Gasteiger partial charge in [-0.3, -0.25) is 9.59 Å². The van der Waals surface area contributed by atoms with Gasteiger partial charge >= 0.3 is 0 Å². The fourth-order valence-corrected chi connectivity index (χ4v) is 3.73. The molecule has 3 aromatic rings. The Balaban J connectivity index is 1.88. The highest BCUT2D eigenvalue weighted by Gasteiger charge is 2.17. The van der Waals surface area contributed by atoms with Crippen molar-refractivity contribution in [3.05, 3.63) is 58.4 Å². The number of benzene rings is 2. The van der Waals surface area contributed by atoms with E-state index in [1.165, 1.54) is 23.2 Å². The molecular formula is C18H15ClN2O2S. The first-order chi connectivity index (χ1) is 11.5. The standard InChI is InChI=1S/C18H15ClN2O2S/c1-11(22)21(2)13-7-5-6-12(10-13)20-18(23)17-16(19)14-8-3-4-9-15(14)24-17/h3-10H,1-2H3,(H,20,23). The highest BCUT2D eigenvalue weighted by molar-refractivity contribution is 7.21. The number of anilines is 2. The largest absolute Gasteiger partial charge is 0.321 e. The normalized spacial score (nSPS) is 10.6. The van der Waals surface area contributed by atoms with E-state index >= 15 is 0 Å². The first-order valence-electron chi connectivity index (χ1n) is 7.30. The van der Waals surface area contributed by atoms with Gasteiger partial charge in [-0.15, -0.1) is 11.3 Å². The van der Waals surface area contributed by atoms with Crippen molar-refractivity contribution in [1.82, 2.24) is 0 Å². The summed E-state index contributed by atoms with van der Waals surface area (Å²) in [6.45, 7) is 1.49. The fourth-order valence-electron chi connectivity index (χ4n) is 2.32. The second kappa shape index (κ2) is 6.63. The number of carbonyl (C=O) groups excluding carboxylic acids is 2. The summed E-state index contributed by atoms with van der Waals surface area (Å²) < 4.78 is 0.970. The maximum Gasteiger partial charge on any atom is 0.267 e. The Labute approximate surface area is 148 Å². The van der Waals surface area contributed by atoms with Crippen molar-refractivity contribution in [2.24, 2.45) is 0 Å². The molecule has 2 aromatic carbocycles. The molecule has 0 atom stereocenters. The number of thiophene rings is 1. The minimum atomic E-state index is -0.260. The Morgan fingerprint density at radius 2 is 1.88 bits per heavy atom. The van der Waals surface area contributed by atoms with Crippen molar-refractivity contribution in [3.63, 3.8) is 0 Å². The van der Waals surface area contributed by atoms with E-state index in [1.807, 2.05) is 30.3 Å². The average molecular weight is 359 g/mol. The number of nitrogens with zero attached hydrogens (tertiary/aromatic N) is 1. The van der Waals surface area contributed by atoms with Crippen molar-refractivity contribution < 1.29 is 9.59 Å². The molecular weight excluding hydrogens is 344 g/mol. The molecule has 4 nitrogen and oxygen atoms in total. The van der Waals surface area contributed by atoms with Gasteiger partial charge in [-0.1, -0.05) is 35.9 Å². The molecule has 0 bridgehead atoms. The van der Waals surface area contributed by atoms with Crippen LogP contribution in [0.1, 0.15) is 16.6 Å². The van der Waals surface area contributed by atoms with Gasteiger partial charge in [0.1, 0.15) is 4.88 Å². The van der Waals surface area contributed by atoms with Crippen LogP contribution in [-0.2, 0) is 4.79 Å². The van der Waals surface area contributed by atoms with Crippen molar-refractivity contribution in [3.8, 4) is 0 Å². The van der Waals surface area contributed by atoms with Crippen molar-refractivity contribution in [2.45, 2.75) is 6.92 Å². The van der Waals surface area contributed by atoms with Crippen LogP contribution in [0.2, 0.25) is 5.02 Å². The topological polar surface area (TPSA) is 49.4 Å². The molecule has 1 N–H and O–H groups in total. The predicted molar refractivity (Wildman–Crippen MR) is 100 cm³/mol. The van der Waals surface area contributed by atoms with Gasteiger partial charge in [0.25, 0.3) is 5.91 Å². The zero-order valence-electron chi connectivity index (χ0n) is 13.2. The van der Waals surface area contributed by atoms with Crippen LogP contribution in [0.3, 0.4) is 0 Å². The molecule has 0 saturated heterocycles. The molecule has 3 rings (SSSR count). The van der Waals surface area contributed by atoms with E-state index < -0.39 is 0 Å². The van der Waals surface area contributed by atoms with Gasteiger partial charge in [-0.2, -0.15) is 0 Å². The van der Waals surface area contributed by atoms with E-state index in [9.17, 15) is 9.59 Å². The summed E-state index contributed by atoms with van der Waals surface area (Å²) >= 11 is 7.70. The molecule has 1 aromatic heterocycles. The maximum atomic E-state index is 12.6. The van der Waals surface area contributed by atoms with E-state index in [0.29, 0.717) is 21.3 Å². The quantitative estimate of drug-likeness (QED) is 0.731. The molecule has 2 amide bonds. The lowest BCUT2D eigenvalue weighted by Gasteiger charge is -2.16. The maximum absolute atomic E-state index is 12.6. The lowest BCUT2D eigenvalue weighted by Crippen LogP contribution is -2.22. The molecule has 0 aliphatic carbocycles. The molecule has 0 spiro atoms. The molecule has 1 heterocycles. The summed E-state index contributed by atoms with van der Waals surface area (Å²) in [6, 6.07) is 14.8. The van der Waals surface area contributed by atoms with E-state index in [0.717, 1.165) is 10.1 Å². The molecule has 0 aliphatic rings. The molecule has 0 unspecified atom stereocenters. The smallest absolute Gasteiger partial charge is 0.267 e. The van der Waals surface area contributed by atoms with Crippen LogP contribution in [0.25, 0.3) is 10.1 Å². The zero-order valence-corrected chi connectivity index (χ0v) is 14.7. The summed E-state index contributed by atoms with van der Waals surface area (Å²) in [4.78, 5) is 26.0. The summed E-state index contributed by atoms with van der Waals surface area (Å²) in [5.41, 5.74) is 1.32. The van der Waals surface area contributed by atoms with Crippen LogP contribution in [-0.4, -0.2) is 18.9 Å². The lowest BCUT2D eigenvalue weighted by atomic mass is 10.2. The summed E-state index contributed by atoms with van der Waals surface area (Å²) in [7, 11) is 1.69. The van der Waals surface area contributed by atoms with E-state index in [4.69, 9.17) is 11.6 Å². The Bertz CT molecular complexity index is 936. The SMILES string of the molecule is CC(=O)N(C)c1cccc(NC(=O)c2sc3ccccc3c2Cl)c1. The van der Waals surface area contributed by atoms with Gasteiger partial charge in [0.2, 0.25) is 5.91 Å². The highest BCUT2D eigenvalue weighted by atomic mass is 35.5. The highest BCUT2D eigenvalue weighted by Crippen LogP contribution is 2.35. The van der Waals surface area contributed by atoms with Crippen molar-refractivity contribution in [1.29, 1.82) is 0 Å². The predicted octanol–water partition coefficient (Wildman–Crippen LogP) is 4.79. The van der Waals surface area contributed by atoms with Gasteiger partial charge in [0.15, 0.2) is 0 Å². The molecule has 122 valence electrons. The number of rotatable bonds is 3. The average Bonchev–Trinajstić information content (AvgIpc) is 2.92. The van der Waals surface area contributed by atoms with Crippen LogP contribution in [0.4, 0.5) is 11.4 Å². The van der Waals surface area contributed by atoms with Gasteiger partial charge in [0.05, 0.1) is 5.02 Å². The zero-order chi connectivity index (χ0) is 17.3. The monoisotopic (exact) mass is 358 g/mol. The second-order valence-electron chi connectivity index (χ2n) is 5.32. The molecule has 0 aliphatic heterocycles. The summed E-state index contributed by atoms with van der Waals surface area (Å²) in [5, 5.41) is 4.18. The number of hydrogen-bond acceptors (Lipinski definition) is 3. The van der Waals surface area contributed by atoms with Crippen molar-refractivity contribution in [2.75, 3.05) is 17.3 Å². The number of carbonyl (C=O) groups is 2. The van der Waals surface area contributed by atoms with Crippen LogP contribution >= 0.6 is 22.9 Å². The third-order valence-corrected chi connectivity index (χ3v) is 5.38. The number of fused-ring (bicyclic) bond motifs is 1. The van der Waals surface area contributed by atoms with Crippen LogP contribution in [0.5, 0.6) is 0 Å². The first kappa shape index (κ1) is 16.5. The number of amides is 2. The molecule has 0 radical (unpaired) electrons. The summed E-state index contributed by atoms with van der Waals surface area (Å²) in [6.07, 6.45) is 0. The number of nitrogens with one attached hydrogen (secondary N) is 1. The molecule has 6 heteroatoms. The third kappa shape index (κ3) is 3.13. The van der Waals surface area contributed by atoms with Crippen molar-refractivity contribution >= 4 is 56.2 Å². The van der Waals surface area contributed by atoms with E-state index in [-0.39, 0.29) is 11.8 Å². The summed E-state index contributed by atoms with van der Waals surface area (Å²) in [5.74, 6) is -0.338. The third-order valence-electron chi connectivity index (χ3n) is 3.70. The Hall–Kier alpha value is -2.37. The van der Waals surface area contributed by atoms with Gasteiger partial charge in [0, 0.05) is 35.4 Å². The van der Waals surface area contributed by atoms with Crippen LogP contribution < -0.4 is 10.2 Å². The van der Waals surface area contributed by atoms with E-state index in [1.54, 1.807) is 25.2 Å². The minimum absolute atomic E-state index is 0.0778. The number of hydrogen-bond donors (Lipinski definition) is 1. The fraction of sp³-hybridized carbons (Fsp3) is 0.111. The van der Waals surface area contributed by atoms with Crippen LogP contribution in [0.15, 0.2) is 48.5 Å². The van der Waals surface area contributed by atoms with Gasteiger partial charge < -0.3 is 10.2 Å². The Kier molecular flexibility index (Phi) is 4.55. The van der Waals surface area contributed by atoms with Crippen LogP contribution in [0, 0.1) is 0 Å². The Morgan fingerprint density at radius 1 is 1.12 bits per heavy atom. The first-order valence-corrected chi connectivity index (χ1v) is 8.49. The number of halogens is 1. The lowest BCUT2D eigenvalue weighted by molar-refractivity contribution is -0.116. The van der Waals surface area contributed by atoms with Gasteiger partial charge in [-0.05, 0) is 24.3 Å².